The molecule has 1 rings (SSSR count). The summed E-state index contributed by atoms with van der Waals surface area (Å²) in [6, 6.07) is 3.71. The standard InChI is InChI=1S/C14H20O4/c1-10(7-8-15)14-11(9-16-2)12(17-3)5-6-13(14)18-4/h5-6,8,10H,7,9H2,1-4H3. The van der Waals surface area contributed by atoms with E-state index in [0.29, 0.717) is 13.0 Å². The van der Waals surface area contributed by atoms with Crippen LogP contribution in [0, 0.1) is 0 Å². The number of ether oxygens (including phenoxy) is 3. The molecule has 1 aromatic carbocycles. The van der Waals surface area contributed by atoms with Crippen molar-refractivity contribution < 1.29 is 19.0 Å². The van der Waals surface area contributed by atoms with Crippen molar-refractivity contribution in [3.8, 4) is 11.5 Å². The van der Waals surface area contributed by atoms with Gasteiger partial charge in [0.2, 0.25) is 0 Å². The molecule has 0 aliphatic rings. The third kappa shape index (κ3) is 3.01. The van der Waals surface area contributed by atoms with E-state index in [0.717, 1.165) is 28.9 Å². The van der Waals surface area contributed by atoms with E-state index in [1.807, 2.05) is 19.1 Å². The second-order valence-corrected chi connectivity index (χ2v) is 4.10. The Balaban J connectivity index is 3.33. The highest BCUT2D eigenvalue weighted by atomic mass is 16.5. The summed E-state index contributed by atoms with van der Waals surface area (Å²) < 4.78 is 15.9. The maximum Gasteiger partial charge on any atom is 0.124 e. The number of carbonyl (C=O) groups is 1. The van der Waals surface area contributed by atoms with E-state index in [2.05, 4.69) is 0 Å². The molecule has 1 unspecified atom stereocenters. The molecule has 1 atom stereocenters. The first-order valence-corrected chi connectivity index (χ1v) is 5.85. The average molecular weight is 252 g/mol. The Morgan fingerprint density at radius 2 is 1.78 bits per heavy atom. The molecule has 0 saturated carbocycles. The number of rotatable bonds is 7. The van der Waals surface area contributed by atoms with Gasteiger partial charge in [-0.25, -0.2) is 0 Å². The van der Waals surface area contributed by atoms with Crippen LogP contribution in [0.1, 0.15) is 30.4 Å². The van der Waals surface area contributed by atoms with E-state index in [-0.39, 0.29) is 5.92 Å². The van der Waals surface area contributed by atoms with E-state index in [9.17, 15) is 4.79 Å². The second-order valence-electron chi connectivity index (χ2n) is 4.10. The van der Waals surface area contributed by atoms with Gasteiger partial charge < -0.3 is 19.0 Å². The Hall–Kier alpha value is -1.55. The van der Waals surface area contributed by atoms with Crippen molar-refractivity contribution in [2.24, 2.45) is 0 Å². The van der Waals surface area contributed by atoms with Gasteiger partial charge in [-0.1, -0.05) is 6.92 Å². The summed E-state index contributed by atoms with van der Waals surface area (Å²) in [5, 5.41) is 0. The number of methoxy groups -OCH3 is 3. The van der Waals surface area contributed by atoms with Crippen LogP contribution in [-0.4, -0.2) is 27.6 Å². The van der Waals surface area contributed by atoms with Crippen LogP contribution in [0.4, 0.5) is 0 Å². The van der Waals surface area contributed by atoms with Crippen molar-refractivity contribution in [1.82, 2.24) is 0 Å². The molecular weight excluding hydrogens is 232 g/mol. The Morgan fingerprint density at radius 1 is 1.17 bits per heavy atom. The minimum atomic E-state index is 0.0673. The molecule has 0 aliphatic carbocycles. The zero-order valence-corrected chi connectivity index (χ0v) is 11.4. The zero-order chi connectivity index (χ0) is 13.5. The monoisotopic (exact) mass is 252 g/mol. The molecule has 4 heteroatoms. The first-order chi connectivity index (χ1) is 8.69. The summed E-state index contributed by atoms with van der Waals surface area (Å²) in [6.45, 7) is 2.42. The number of benzene rings is 1. The lowest BCUT2D eigenvalue weighted by molar-refractivity contribution is -0.108. The van der Waals surface area contributed by atoms with Gasteiger partial charge in [-0.15, -0.1) is 0 Å². The fourth-order valence-corrected chi connectivity index (χ4v) is 2.09. The summed E-state index contributed by atoms with van der Waals surface area (Å²) in [7, 11) is 4.87. The molecule has 0 saturated heterocycles. The van der Waals surface area contributed by atoms with Gasteiger partial charge in [0.1, 0.15) is 17.8 Å². The summed E-state index contributed by atoms with van der Waals surface area (Å²) in [4.78, 5) is 10.7. The third-order valence-electron chi connectivity index (χ3n) is 2.95. The first kappa shape index (κ1) is 14.5. The SMILES string of the molecule is COCc1c(OC)ccc(OC)c1C(C)CC=O. The van der Waals surface area contributed by atoms with E-state index in [1.165, 1.54) is 0 Å². The van der Waals surface area contributed by atoms with Crippen molar-refractivity contribution in [3.63, 3.8) is 0 Å². The summed E-state index contributed by atoms with van der Waals surface area (Å²) >= 11 is 0. The van der Waals surface area contributed by atoms with Gasteiger partial charge in [0.05, 0.1) is 20.8 Å². The minimum Gasteiger partial charge on any atom is -0.496 e. The van der Waals surface area contributed by atoms with Crippen molar-refractivity contribution >= 4 is 6.29 Å². The van der Waals surface area contributed by atoms with Gasteiger partial charge in [0.15, 0.2) is 0 Å². The molecule has 0 fully saturated rings. The maximum atomic E-state index is 10.7. The van der Waals surface area contributed by atoms with E-state index < -0.39 is 0 Å². The molecule has 0 amide bonds. The zero-order valence-electron chi connectivity index (χ0n) is 11.4. The van der Waals surface area contributed by atoms with Crippen LogP contribution >= 0.6 is 0 Å². The van der Waals surface area contributed by atoms with Gasteiger partial charge in [-0.2, -0.15) is 0 Å². The summed E-state index contributed by atoms with van der Waals surface area (Å²) in [5.41, 5.74) is 1.92. The van der Waals surface area contributed by atoms with Crippen LogP contribution in [0.15, 0.2) is 12.1 Å². The molecule has 1 aromatic rings. The number of aldehydes is 1. The number of carbonyl (C=O) groups excluding carboxylic acids is 1. The summed E-state index contributed by atoms with van der Waals surface area (Å²) in [6.07, 6.45) is 1.36. The fourth-order valence-electron chi connectivity index (χ4n) is 2.09. The normalized spacial score (nSPS) is 12.0. The largest absolute Gasteiger partial charge is 0.496 e. The van der Waals surface area contributed by atoms with Gasteiger partial charge >= 0.3 is 0 Å². The molecule has 0 N–H and O–H groups in total. The summed E-state index contributed by atoms with van der Waals surface area (Å²) in [5.74, 6) is 1.58. The number of hydrogen-bond donors (Lipinski definition) is 0. The number of hydrogen-bond acceptors (Lipinski definition) is 4. The lowest BCUT2D eigenvalue weighted by atomic mass is 9.92. The Kier molecular flexibility index (Phi) is 5.65. The van der Waals surface area contributed by atoms with Gasteiger partial charge in [0, 0.05) is 24.7 Å². The van der Waals surface area contributed by atoms with E-state index in [1.54, 1.807) is 21.3 Å². The molecule has 18 heavy (non-hydrogen) atoms. The highest BCUT2D eigenvalue weighted by Gasteiger charge is 2.19. The first-order valence-electron chi connectivity index (χ1n) is 5.85. The quantitative estimate of drug-likeness (QED) is 0.699. The van der Waals surface area contributed by atoms with E-state index in [4.69, 9.17) is 14.2 Å². The molecular formula is C14H20O4. The average Bonchev–Trinajstić information content (AvgIpc) is 2.38. The topological polar surface area (TPSA) is 44.8 Å². The van der Waals surface area contributed by atoms with E-state index >= 15 is 0 Å². The predicted molar refractivity (Wildman–Crippen MR) is 69.4 cm³/mol. The second kappa shape index (κ2) is 7.01. The molecule has 0 heterocycles. The van der Waals surface area contributed by atoms with Crippen molar-refractivity contribution in [1.29, 1.82) is 0 Å². The lowest BCUT2D eigenvalue weighted by Gasteiger charge is -2.20. The smallest absolute Gasteiger partial charge is 0.124 e. The molecule has 100 valence electrons. The van der Waals surface area contributed by atoms with Crippen molar-refractivity contribution in [2.45, 2.75) is 25.9 Å². The highest BCUT2D eigenvalue weighted by molar-refractivity contribution is 5.56. The Labute approximate surface area is 108 Å². The molecule has 4 nitrogen and oxygen atoms in total. The van der Waals surface area contributed by atoms with Crippen LogP contribution in [0.2, 0.25) is 0 Å². The molecule has 0 bridgehead atoms. The molecule has 0 radical (unpaired) electrons. The van der Waals surface area contributed by atoms with Crippen LogP contribution in [0.5, 0.6) is 11.5 Å². The van der Waals surface area contributed by atoms with Crippen LogP contribution < -0.4 is 9.47 Å². The Bertz CT molecular complexity index is 401. The predicted octanol–water partition coefficient (Wildman–Crippen LogP) is 2.54. The van der Waals surface area contributed by atoms with Crippen LogP contribution in [-0.2, 0) is 16.1 Å². The third-order valence-corrected chi connectivity index (χ3v) is 2.95. The fraction of sp³-hybridized carbons (Fsp3) is 0.500. The van der Waals surface area contributed by atoms with Gasteiger partial charge in [-0.3, -0.25) is 0 Å². The minimum absolute atomic E-state index is 0.0673. The van der Waals surface area contributed by atoms with Crippen molar-refractivity contribution in [3.05, 3.63) is 23.3 Å². The van der Waals surface area contributed by atoms with Gasteiger partial charge in [-0.05, 0) is 18.1 Å². The molecule has 0 aromatic heterocycles. The highest BCUT2D eigenvalue weighted by Crippen LogP contribution is 2.37. The lowest BCUT2D eigenvalue weighted by Crippen LogP contribution is -2.06. The molecule has 0 aliphatic heterocycles. The Morgan fingerprint density at radius 3 is 2.28 bits per heavy atom. The maximum absolute atomic E-state index is 10.7. The van der Waals surface area contributed by atoms with Crippen LogP contribution in [0.3, 0.4) is 0 Å². The van der Waals surface area contributed by atoms with Crippen LogP contribution in [0.25, 0.3) is 0 Å². The van der Waals surface area contributed by atoms with Crippen molar-refractivity contribution in [2.75, 3.05) is 21.3 Å². The molecule has 0 spiro atoms. The van der Waals surface area contributed by atoms with Gasteiger partial charge in [0.25, 0.3) is 0 Å².